The Balaban J connectivity index is 2.01. The number of nitrogens with zero attached hydrogens (tertiary/aromatic N) is 3. The van der Waals surface area contributed by atoms with Gasteiger partial charge in [-0.15, -0.1) is 0 Å². The first-order valence-corrected chi connectivity index (χ1v) is 8.23. The van der Waals surface area contributed by atoms with Gasteiger partial charge in [0, 0.05) is 17.3 Å². The van der Waals surface area contributed by atoms with Crippen LogP contribution in [0.5, 0.6) is 0 Å². The largest absolute Gasteiger partial charge is 0.237 e. The lowest BCUT2D eigenvalue weighted by molar-refractivity contribution is 0.795. The molecule has 24 heavy (non-hydrogen) atoms. The Hall–Kier alpha value is -2.99. The lowest BCUT2D eigenvalue weighted by Crippen LogP contribution is -1.96. The second-order valence-electron chi connectivity index (χ2n) is 5.72. The first-order valence-electron chi connectivity index (χ1n) is 8.23. The molecule has 0 N–H and O–H groups in total. The molecule has 0 amide bonds. The Kier molecular flexibility index (Phi) is 4.98. The van der Waals surface area contributed by atoms with E-state index in [9.17, 15) is 0 Å². The van der Waals surface area contributed by atoms with E-state index in [-0.39, 0.29) is 0 Å². The van der Waals surface area contributed by atoms with E-state index in [1.165, 1.54) is 5.56 Å². The minimum Gasteiger partial charge on any atom is -0.237 e. The molecule has 0 aliphatic carbocycles. The van der Waals surface area contributed by atoms with E-state index in [0.717, 1.165) is 41.9 Å². The van der Waals surface area contributed by atoms with Crippen molar-refractivity contribution in [3.63, 3.8) is 0 Å². The molecule has 3 aromatic rings. The molecule has 3 nitrogen and oxygen atoms in total. The van der Waals surface area contributed by atoms with Crippen LogP contribution < -0.4 is 0 Å². The third-order valence-corrected chi connectivity index (χ3v) is 4.00. The van der Waals surface area contributed by atoms with Crippen molar-refractivity contribution in [2.24, 2.45) is 0 Å². The topological polar surface area (TPSA) is 49.6 Å². The Morgan fingerprint density at radius 2 is 1.92 bits per heavy atom. The summed E-state index contributed by atoms with van der Waals surface area (Å²) in [5, 5.41) is 9.08. The molecule has 0 spiro atoms. The Morgan fingerprint density at radius 3 is 2.75 bits per heavy atom. The standard InChI is InChI=1S/C21H19N3/c1-2-3-8-17-9-4-5-11-19(17)21-23-13-12-20(24-21)18-10-6-7-16(14-18)15-22/h4-7,9-14H,2-3,8H2,1H3. The van der Waals surface area contributed by atoms with E-state index in [4.69, 9.17) is 10.2 Å². The van der Waals surface area contributed by atoms with Crippen molar-refractivity contribution in [2.45, 2.75) is 26.2 Å². The summed E-state index contributed by atoms with van der Waals surface area (Å²) in [6.07, 6.45) is 5.13. The van der Waals surface area contributed by atoms with Crippen LogP contribution in [-0.4, -0.2) is 9.97 Å². The fourth-order valence-electron chi connectivity index (χ4n) is 2.72. The molecule has 0 unspecified atom stereocenters. The first-order chi connectivity index (χ1) is 11.8. The Morgan fingerprint density at radius 1 is 1.04 bits per heavy atom. The smallest absolute Gasteiger partial charge is 0.160 e. The third kappa shape index (κ3) is 3.49. The molecule has 0 saturated heterocycles. The second-order valence-corrected chi connectivity index (χ2v) is 5.72. The van der Waals surface area contributed by atoms with Gasteiger partial charge >= 0.3 is 0 Å². The zero-order chi connectivity index (χ0) is 16.8. The third-order valence-electron chi connectivity index (χ3n) is 4.00. The molecular weight excluding hydrogens is 294 g/mol. The van der Waals surface area contributed by atoms with E-state index in [2.05, 4.69) is 36.2 Å². The van der Waals surface area contributed by atoms with Crippen molar-refractivity contribution in [3.8, 4) is 28.7 Å². The normalized spacial score (nSPS) is 10.3. The predicted molar refractivity (Wildman–Crippen MR) is 96.2 cm³/mol. The zero-order valence-corrected chi connectivity index (χ0v) is 13.7. The van der Waals surface area contributed by atoms with Gasteiger partial charge in [0.05, 0.1) is 17.3 Å². The van der Waals surface area contributed by atoms with Crippen LogP contribution in [0.1, 0.15) is 30.9 Å². The first kappa shape index (κ1) is 15.9. The van der Waals surface area contributed by atoms with Gasteiger partial charge in [-0.1, -0.05) is 49.7 Å². The van der Waals surface area contributed by atoms with Crippen molar-refractivity contribution >= 4 is 0 Å². The quantitative estimate of drug-likeness (QED) is 0.664. The van der Waals surface area contributed by atoms with Gasteiger partial charge in [0.25, 0.3) is 0 Å². The molecule has 0 aliphatic heterocycles. The van der Waals surface area contributed by atoms with Crippen LogP contribution >= 0.6 is 0 Å². The summed E-state index contributed by atoms with van der Waals surface area (Å²) >= 11 is 0. The number of aromatic nitrogens is 2. The number of rotatable bonds is 5. The van der Waals surface area contributed by atoms with Gasteiger partial charge in [-0.05, 0) is 36.6 Å². The minimum atomic E-state index is 0.635. The average molecular weight is 313 g/mol. The molecule has 3 heteroatoms. The molecule has 2 aromatic carbocycles. The minimum absolute atomic E-state index is 0.635. The lowest BCUT2D eigenvalue weighted by Gasteiger charge is -2.09. The van der Waals surface area contributed by atoms with Gasteiger partial charge in [-0.25, -0.2) is 9.97 Å². The highest BCUT2D eigenvalue weighted by Crippen LogP contribution is 2.25. The van der Waals surface area contributed by atoms with E-state index in [1.54, 1.807) is 12.3 Å². The Labute approximate surface area is 142 Å². The van der Waals surface area contributed by atoms with Crippen molar-refractivity contribution in [1.29, 1.82) is 5.26 Å². The van der Waals surface area contributed by atoms with Crippen LogP contribution in [0.2, 0.25) is 0 Å². The molecular formula is C21H19N3. The lowest BCUT2D eigenvalue weighted by atomic mass is 10.0. The summed E-state index contributed by atoms with van der Waals surface area (Å²) in [5.41, 5.74) is 4.77. The summed E-state index contributed by atoms with van der Waals surface area (Å²) in [7, 11) is 0. The number of unbranched alkanes of at least 4 members (excludes halogenated alkanes) is 1. The number of hydrogen-bond acceptors (Lipinski definition) is 3. The van der Waals surface area contributed by atoms with Crippen LogP contribution in [0.3, 0.4) is 0 Å². The number of hydrogen-bond donors (Lipinski definition) is 0. The molecule has 0 atom stereocenters. The number of benzene rings is 2. The monoisotopic (exact) mass is 313 g/mol. The highest BCUT2D eigenvalue weighted by atomic mass is 14.9. The molecule has 1 aromatic heterocycles. The molecule has 0 saturated carbocycles. The molecule has 0 radical (unpaired) electrons. The van der Waals surface area contributed by atoms with Gasteiger partial charge in [0.1, 0.15) is 0 Å². The van der Waals surface area contributed by atoms with Gasteiger partial charge in [0.15, 0.2) is 5.82 Å². The van der Waals surface area contributed by atoms with Gasteiger partial charge in [-0.2, -0.15) is 5.26 Å². The van der Waals surface area contributed by atoms with Crippen LogP contribution in [0.15, 0.2) is 60.8 Å². The van der Waals surface area contributed by atoms with Crippen molar-refractivity contribution in [1.82, 2.24) is 9.97 Å². The van der Waals surface area contributed by atoms with Crippen LogP contribution in [-0.2, 0) is 6.42 Å². The van der Waals surface area contributed by atoms with Crippen LogP contribution in [0, 0.1) is 11.3 Å². The van der Waals surface area contributed by atoms with Crippen molar-refractivity contribution in [3.05, 3.63) is 71.9 Å². The van der Waals surface area contributed by atoms with Crippen molar-refractivity contribution in [2.75, 3.05) is 0 Å². The van der Waals surface area contributed by atoms with Crippen LogP contribution in [0.4, 0.5) is 0 Å². The SMILES string of the molecule is CCCCc1ccccc1-c1nccc(-c2cccc(C#N)c2)n1. The summed E-state index contributed by atoms with van der Waals surface area (Å²) in [4.78, 5) is 9.21. The maximum absolute atomic E-state index is 9.08. The number of aryl methyl sites for hydroxylation is 1. The number of nitriles is 1. The zero-order valence-electron chi connectivity index (χ0n) is 13.7. The molecule has 3 rings (SSSR count). The summed E-state index contributed by atoms with van der Waals surface area (Å²) in [5.74, 6) is 0.738. The average Bonchev–Trinajstić information content (AvgIpc) is 2.67. The summed E-state index contributed by atoms with van der Waals surface area (Å²) < 4.78 is 0. The molecule has 118 valence electrons. The van der Waals surface area contributed by atoms with Gasteiger partial charge < -0.3 is 0 Å². The highest BCUT2D eigenvalue weighted by Gasteiger charge is 2.09. The Bertz CT molecular complexity index is 878. The van der Waals surface area contributed by atoms with Crippen LogP contribution in [0.25, 0.3) is 22.6 Å². The van der Waals surface area contributed by atoms with E-state index >= 15 is 0 Å². The van der Waals surface area contributed by atoms with Gasteiger partial charge in [0.2, 0.25) is 0 Å². The molecule has 0 fully saturated rings. The summed E-state index contributed by atoms with van der Waals surface area (Å²) in [6.45, 7) is 2.20. The van der Waals surface area contributed by atoms with E-state index in [1.807, 2.05) is 30.3 Å². The molecule has 0 bridgehead atoms. The van der Waals surface area contributed by atoms with E-state index in [0.29, 0.717) is 5.56 Å². The van der Waals surface area contributed by atoms with Gasteiger partial charge in [-0.3, -0.25) is 0 Å². The fraction of sp³-hybridized carbons (Fsp3) is 0.190. The fourth-order valence-corrected chi connectivity index (χ4v) is 2.72. The summed E-state index contributed by atoms with van der Waals surface area (Å²) in [6, 6.07) is 19.9. The highest BCUT2D eigenvalue weighted by molar-refractivity contribution is 5.66. The molecule has 0 aliphatic rings. The van der Waals surface area contributed by atoms with E-state index < -0.39 is 0 Å². The predicted octanol–water partition coefficient (Wildman–Crippen LogP) is 5.02. The maximum Gasteiger partial charge on any atom is 0.160 e. The second kappa shape index (κ2) is 7.52. The van der Waals surface area contributed by atoms with Crippen molar-refractivity contribution < 1.29 is 0 Å². The molecule has 1 heterocycles. The maximum atomic E-state index is 9.08.